The molecule has 0 amide bonds. The number of para-hydroxylation sites is 1. The Morgan fingerprint density at radius 2 is 1.38 bits per heavy atom. The van der Waals surface area contributed by atoms with E-state index in [0.717, 1.165) is 50.7 Å². The van der Waals surface area contributed by atoms with Crippen LogP contribution in [-0.4, -0.2) is 25.2 Å². The molecule has 0 fully saturated rings. The van der Waals surface area contributed by atoms with Gasteiger partial charge >= 0.3 is 11.9 Å². The number of esters is 2. The van der Waals surface area contributed by atoms with Gasteiger partial charge in [-0.1, -0.05) is 80.8 Å². The topological polar surface area (TPSA) is 61.8 Å². The summed E-state index contributed by atoms with van der Waals surface area (Å²) in [7, 11) is 0. The van der Waals surface area contributed by atoms with Crippen LogP contribution in [0.4, 0.5) is 0 Å². The lowest BCUT2D eigenvalue weighted by Gasteiger charge is -2.19. The second-order valence-electron chi connectivity index (χ2n) is 10.9. The molecule has 0 radical (unpaired) electrons. The van der Waals surface area contributed by atoms with Crippen LogP contribution in [0.15, 0.2) is 72.8 Å². The third-order valence-electron chi connectivity index (χ3n) is 7.57. The Kier molecular flexibility index (Phi) is 14.7. The lowest BCUT2D eigenvalue weighted by Crippen LogP contribution is -2.09. The van der Waals surface area contributed by atoms with Crippen LogP contribution in [0.2, 0.25) is 0 Å². The highest BCUT2D eigenvalue weighted by Crippen LogP contribution is 2.26. The van der Waals surface area contributed by atoms with Crippen molar-refractivity contribution in [1.82, 2.24) is 0 Å². The molecule has 42 heavy (non-hydrogen) atoms. The molecule has 0 aromatic heterocycles. The van der Waals surface area contributed by atoms with Gasteiger partial charge < -0.3 is 14.2 Å². The first-order valence-corrected chi connectivity index (χ1v) is 15.7. The number of carbonyl (C=O) groups excluding carboxylic acids is 2. The SMILES string of the molecule is CCCCc1ccc(COc2ccccc2CCC(CCCCC(=O)OCC)Cc2ccc(C(=O)OCC)cc2)cc1. The number of aryl methyl sites for hydroxylation is 2. The highest BCUT2D eigenvalue weighted by atomic mass is 16.5. The van der Waals surface area contributed by atoms with Crippen molar-refractivity contribution >= 4 is 11.9 Å². The highest BCUT2D eigenvalue weighted by molar-refractivity contribution is 5.89. The molecule has 3 rings (SSSR count). The van der Waals surface area contributed by atoms with Gasteiger partial charge in [0.2, 0.25) is 0 Å². The summed E-state index contributed by atoms with van der Waals surface area (Å²) in [6.07, 6.45) is 9.66. The fraction of sp³-hybridized carbons (Fsp3) is 0.459. The Morgan fingerprint density at radius 1 is 0.690 bits per heavy atom. The van der Waals surface area contributed by atoms with Crippen molar-refractivity contribution in [2.75, 3.05) is 13.2 Å². The number of carbonyl (C=O) groups is 2. The summed E-state index contributed by atoms with van der Waals surface area (Å²) in [5, 5.41) is 0. The summed E-state index contributed by atoms with van der Waals surface area (Å²) in [6, 6.07) is 24.9. The molecular weight excluding hydrogens is 524 g/mol. The second kappa shape index (κ2) is 18.8. The molecular formula is C37H48O5. The minimum absolute atomic E-state index is 0.120. The molecule has 0 saturated heterocycles. The van der Waals surface area contributed by atoms with Crippen LogP contribution in [0.5, 0.6) is 5.75 Å². The van der Waals surface area contributed by atoms with Gasteiger partial charge in [0.15, 0.2) is 0 Å². The maximum absolute atomic E-state index is 12.1. The normalized spacial score (nSPS) is 11.6. The molecule has 0 aliphatic heterocycles. The van der Waals surface area contributed by atoms with Gasteiger partial charge in [0, 0.05) is 6.42 Å². The largest absolute Gasteiger partial charge is 0.489 e. The number of hydrogen-bond acceptors (Lipinski definition) is 5. The van der Waals surface area contributed by atoms with E-state index in [9.17, 15) is 9.59 Å². The van der Waals surface area contributed by atoms with Crippen molar-refractivity contribution in [3.63, 3.8) is 0 Å². The van der Waals surface area contributed by atoms with Crippen LogP contribution >= 0.6 is 0 Å². The Balaban J connectivity index is 1.61. The van der Waals surface area contributed by atoms with E-state index in [2.05, 4.69) is 49.4 Å². The fourth-order valence-corrected chi connectivity index (χ4v) is 5.16. The zero-order valence-corrected chi connectivity index (χ0v) is 25.7. The van der Waals surface area contributed by atoms with E-state index in [1.807, 2.05) is 44.2 Å². The molecule has 5 heteroatoms. The number of benzene rings is 3. The van der Waals surface area contributed by atoms with Crippen molar-refractivity contribution in [3.8, 4) is 5.75 Å². The second-order valence-corrected chi connectivity index (χ2v) is 10.9. The summed E-state index contributed by atoms with van der Waals surface area (Å²) in [5.41, 5.74) is 5.55. The monoisotopic (exact) mass is 572 g/mol. The van der Waals surface area contributed by atoms with Gasteiger partial charge in [0.1, 0.15) is 12.4 Å². The minimum Gasteiger partial charge on any atom is -0.489 e. The third-order valence-corrected chi connectivity index (χ3v) is 7.57. The van der Waals surface area contributed by atoms with Crippen molar-refractivity contribution in [2.24, 2.45) is 5.92 Å². The summed E-state index contributed by atoms with van der Waals surface area (Å²) in [4.78, 5) is 23.9. The molecule has 226 valence electrons. The van der Waals surface area contributed by atoms with E-state index in [1.54, 1.807) is 0 Å². The summed E-state index contributed by atoms with van der Waals surface area (Å²) < 4.78 is 16.5. The molecule has 0 spiro atoms. The molecule has 0 saturated carbocycles. The highest BCUT2D eigenvalue weighted by Gasteiger charge is 2.14. The van der Waals surface area contributed by atoms with Gasteiger partial charge in [-0.25, -0.2) is 4.79 Å². The first kappa shape index (κ1) is 32.9. The predicted octanol–water partition coefficient (Wildman–Crippen LogP) is 8.70. The van der Waals surface area contributed by atoms with Crippen LogP contribution in [0.3, 0.4) is 0 Å². The van der Waals surface area contributed by atoms with E-state index < -0.39 is 0 Å². The number of hydrogen-bond donors (Lipinski definition) is 0. The molecule has 5 nitrogen and oxygen atoms in total. The first-order chi connectivity index (χ1) is 20.5. The lowest BCUT2D eigenvalue weighted by molar-refractivity contribution is -0.143. The Labute approximate surface area is 252 Å². The van der Waals surface area contributed by atoms with Crippen LogP contribution in [0.25, 0.3) is 0 Å². The molecule has 0 heterocycles. The van der Waals surface area contributed by atoms with Gasteiger partial charge in [-0.2, -0.15) is 0 Å². The summed E-state index contributed by atoms with van der Waals surface area (Å²) in [5.74, 6) is 0.964. The smallest absolute Gasteiger partial charge is 0.338 e. The summed E-state index contributed by atoms with van der Waals surface area (Å²) >= 11 is 0. The molecule has 3 aromatic carbocycles. The van der Waals surface area contributed by atoms with Gasteiger partial charge in [0.25, 0.3) is 0 Å². The van der Waals surface area contributed by atoms with Crippen molar-refractivity contribution in [2.45, 2.75) is 91.6 Å². The molecule has 0 aliphatic rings. The van der Waals surface area contributed by atoms with Gasteiger partial charge in [0.05, 0.1) is 18.8 Å². The van der Waals surface area contributed by atoms with Crippen LogP contribution in [-0.2, 0) is 40.1 Å². The van der Waals surface area contributed by atoms with Crippen LogP contribution in [0.1, 0.15) is 98.3 Å². The number of ether oxygens (including phenoxy) is 3. The molecule has 0 bridgehead atoms. The van der Waals surface area contributed by atoms with Crippen molar-refractivity contribution < 1.29 is 23.8 Å². The van der Waals surface area contributed by atoms with Crippen molar-refractivity contribution in [1.29, 1.82) is 0 Å². The average Bonchev–Trinajstić information content (AvgIpc) is 3.01. The maximum atomic E-state index is 12.1. The van der Waals surface area contributed by atoms with E-state index in [-0.39, 0.29) is 11.9 Å². The van der Waals surface area contributed by atoms with Gasteiger partial charge in [-0.15, -0.1) is 0 Å². The minimum atomic E-state index is -0.288. The van der Waals surface area contributed by atoms with Crippen molar-refractivity contribution in [3.05, 3.63) is 101 Å². The maximum Gasteiger partial charge on any atom is 0.338 e. The zero-order chi connectivity index (χ0) is 30.0. The number of unbranched alkanes of at least 4 members (excludes halogenated alkanes) is 2. The molecule has 0 N–H and O–H groups in total. The number of rotatable bonds is 19. The van der Waals surface area contributed by atoms with E-state index >= 15 is 0 Å². The fourth-order valence-electron chi connectivity index (χ4n) is 5.16. The Hall–Kier alpha value is -3.60. The van der Waals surface area contributed by atoms with E-state index in [1.165, 1.54) is 35.1 Å². The van der Waals surface area contributed by atoms with E-state index in [0.29, 0.717) is 37.7 Å². The van der Waals surface area contributed by atoms with Gasteiger partial charge in [-0.3, -0.25) is 4.79 Å². The molecule has 3 aromatic rings. The summed E-state index contributed by atoms with van der Waals surface area (Å²) in [6.45, 7) is 7.22. The third kappa shape index (κ3) is 11.7. The molecule has 1 unspecified atom stereocenters. The predicted molar refractivity (Wildman–Crippen MR) is 169 cm³/mol. The van der Waals surface area contributed by atoms with Gasteiger partial charge in [-0.05, 0) is 98.7 Å². The van der Waals surface area contributed by atoms with Crippen LogP contribution in [0, 0.1) is 5.92 Å². The van der Waals surface area contributed by atoms with E-state index in [4.69, 9.17) is 14.2 Å². The standard InChI is InChI=1S/C37H48O5/c1-4-7-12-29-17-19-32(20-18-29)28-42-35-15-10-9-14-33(35)24-21-30(13-8-11-16-36(38)40-5-2)27-31-22-25-34(26-23-31)37(39)41-6-3/h9-10,14-15,17-20,22-23,25-26,30H,4-8,11-13,16,21,24,27-28H2,1-3H3. The average molecular weight is 573 g/mol. The van der Waals surface area contributed by atoms with Crippen LogP contribution < -0.4 is 4.74 Å². The first-order valence-electron chi connectivity index (χ1n) is 15.7. The quantitative estimate of drug-likeness (QED) is 0.106. The Bertz CT molecular complexity index is 1200. The lowest BCUT2D eigenvalue weighted by atomic mass is 9.88. The Morgan fingerprint density at radius 3 is 2.10 bits per heavy atom. The molecule has 1 atom stereocenters. The molecule has 0 aliphatic carbocycles. The zero-order valence-electron chi connectivity index (χ0n) is 25.7.